The molecule has 1 aromatic carbocycles. The molecule has 0 aromatic heterocycles. The highest BCUT2D eigenvalue weighted by molar-refractivity contribution is 8.01. The summed E-state index contributed by atoms with van der Waals surface area (Å²) in [6, 6.07) is 4.18. The fourth-order valence-electron chi connectivity index (χ4n) is 1.76. The first-order valence-corrected chi connectivity index (χ1v) is 5.99. The minimum absolute atomic E-state index is 0.0709. The SMILES string of the molecule is Nc1cc(F)ccc1SC1(CC(=O)O)CNC1. The number of halogens is 1. The maximum absolute atomic E-state index is 12.9. The summed E-state index contributed by atoms with van der Waals surface area (Å²) in [4.78, 5) is 11.5. The van der Waals surface area contributed by atoms with Gasteiger partial charge in [-0.05, 0) is 18.2 Å². The number of hydrogen-bond acceptors (Lipinski definition) is 4. The zero-order chi connectivity index (χ0) is 12.5. The molecule has 0 amide bonds. The van der Waals surface area contributed by atoms with Crippen molar-refractivity contribution in [2.45, 2.75) is 16.1 Å². The number of carboxylic acids is 1. The lowest BCUT2D eigenvalue weighted by Gasteiger charge is -2.41. The Morgan fingerprint density at radius 1 is 1.59 bits per heavy atom. The Balaban J connectivity index is 2.15. The molecular formula is C11H13FN2O2S. The highest BCUT2D eigenvalue weighted by Gasteiger charge is 2.40. The van der Waals surface area contributed by atoms with E-state index in [1.807, 2.05) is 0 Å². The van der Waals surface area contributed by atoms with E-state index in [0.29, 0.717) is 18.8 Å². The molecule has 0 spiro atoms. The molecule has 92 valence electrons. The average Bonchev–Trinajstić information content (AvgIpc) is 2.18. The molecule has 1 fully saturated rings. The van der Waals surface area contributed by atoms with E-state index in [4.69, 9.17) is 10.8 Å². The normalized spacial score (nSPS) is 17.5. The van der Waals surface area contributed by atoms with Crippen molar-refractivity contribution < 1.29 is 14.3 Å². The van der Waals surface area contributed by atoms with Crippen LogP contribution in [0.1, 0.15) is 6.42 Å². The maximum atomic E-state index is 12.9. The van der Waals surface area contributed by atoms with Crippen molar-refractivity contribution in [2.75, 3.05) is 18.8 Å². The molecule has 0 saturated carbocycles. The number of aliphatic carboxylic acids is 1. The van der Waals surface area contributed by atoms with Gasteiger partial charge in [-0.3, -0.25) is 4.79 Å². The van der Waals surface area contributed by atoms with E-state index in [-0.39, 0.29) is 17.0 Å². The lowest BCUT2D eigenvalue weighted by Crippen LogP contribution is -2.57. The van der Waals surface area contributed by atoms with Gasteiger partial charge in [0, 0.05) is 23.7 Å². The summed E-state index contributed by atoms with van der Waals surface area (Å²) in [5.41, 5.74) is 6.06. The number of nitrogen functional groups attached to an aromatic ring is 1. The molecule has 17 heavy (non-hydrogen) atoms. The fourth-order valence-corrected chi connectivity index (χ4v) is 3.08. The average molecular weight is 256 g/mol. The lowest BCUT2D eigenvalue weighted by molar-refractivity contribution is -0.138. The minimum Gasteiger partial charge on any atom is -0.481 e. The van der Waals surface area contributed by atoms with Gasteiger partial charge in [0.2, 0.25) is 0 Å². The van der Waals surface area contributed by atoms with Gasteiger partial charge >= 0.3 is 5.97 Å². The van der Waals surface area contributed by atoms with Crippen LogP contribution in [-0.2, 0) is 4.79 Å². The van der Waals surface area contributed by atoms with Crippen molar-refractivity contribution in [1.82, 2.24) is 5.32 Å². The van der Waals surface area contributed by atoms with Gasteiger partial charge in [0.05, 0.1) is 11.2 Å². The molecule has 4 N–H and O–H groups in total. The Kier molecular flexibility index (Phi) is 3.26. The highest BCUT2D eigenvalue weighted by atomic mass is 32.2. The van der Waals surface area contributed by atoms with Gasteiger partial charge in [-0.2, -0.15) is 0 Å². The second kappa shape index (κ2) is 4.54. The standard InChI is InChI=1S/C11H13FN2O2S/c12-7-1-2-9(8(13)3-7)17-11(4-10(15)16)5-14-6-11/h1-3,14H,4-6,13H2,(H,15,16). The van der Waals surface area contributed by atoms with Crippen molar-refractivity contribution in [3.8, 4) is 0 Å². The fraction of sp³-hybridized carbons (Fsp3) is 0.364. The molecule has 1 heterocycles. The molecule has 2 rings (SSSR count). The first-order chi connectivity index (χ1) is 8.01. The van der Waals surface area contributed by atoms with Gasteiger partial charge in [-0.25, -0.2) is 4.39 Å². The van der Waals surface area contributed by atoms with Gasteiger partial charge in [-0.1, -0.05) is 0 Å². The van der Waals surface area contributed by atoms with Crippen LogP contribution < -0.4 is 11.1 Å². The number of carbonyl (C=O) groups is 1. The monoisotopic (exact) mass is 256 g/mol. The maximum Gasteiger partial charge on any atom is 0.304 e. The number of nitrogens with one attached hydrogen (secondary N) is 1. The first kappa shape index (κ1) is 12.2. The van der Waals surface area contributed by atoms with Crippen molar-refractivity contribution in [3.05, 3.63) is 24.0 Å². The minimum atomic E-state index is -0.834. The van der Waals surface area contributed by atoms with Crippen LogP contribution in [0.3, 0.4) is 0 Å². The molecule has 6 heteroatoms. The van der Waals surface area contributed by atoms with Crippen LogP contribution in [0, 0.1) is 5.82 Å². The predicted octanol–water partition coefficient (Wildman–Crippen LogP) is 1.32. The van der Waals surface area contributed by atoms with Crippen molar-refractivity contribution in [2.24, 2.45) is 0 Å². The summed E-state index contributed by atoms with van der Waals surface area (Å²) in [5, 5.41) is 11.9. The van der Waals surface area contributed by atoms with Crippen LogP contribution in [0.25, 0.3) is 0 Å². The number of nitrogens with two attached hydrogens (primary N) is 1. The van der Waals surface area contributed by atoms with Crippen LogP contribution >= 0.6 is 11.8 Å². The van der Waals surface area contributed by atoms with E-state index in [9.17, 15) is 9.18 Å². The molecule has 4 nitrogen and oxygen atoms in total. The third-order valence-electron chi connectivity index (χ3n) is 2.67. The Bertz CT molecular complexity index is 449. The molecule has 1 saturated heterocycles. The predicted molar refractivity (Wildman–Crippen MR) is 64.5 cm³/mol. The van der Waals surface area contributed by atoms with E-state index in [1.165, 1.54) is 23.9 Å². The van der Waals surface area contributed by atoms with Crippen LogP contribution in [0.15, 0.2) is 23.1 Å². The summed E-state index contributed by atoms with van der Waals surface area (Å²) >= 11 is 1.41. The van der Waals surface area contributed by atoms with E-state index in [2.05, 4.69) is 5.32 Å². The topological polar surface area (TPSA) is 75.4 Å². The third-order valence-corrected chi connectivity index (χ3v) is 4.12. The smallest absolute Gasteiger partial charge is 0.304 e. The molecule has 0 aliphatic carbocycles. The molecular weight excluding hydrogens is 243 g/mol. The largest absolute Gasteiger partial charge is 0.481 e. The summed E-state index contributed by atoms with van der Waals surface area (Å²) in [6.45, 7) is 1.25. The highest BCUT2D eigenvalue weighted by Crippen LogP contribution is 2.41. The summed E-state index contributed by atoms with van der Waals surface area (Å²) < 4.78 is 12.5. The van der Waals surface area contributed by atoms with Crippen LogP contribution in [-0.4, -0.2) is 28.9 Å². The second-order valence-electron chi connectivity index (χ2n) is 4.14. The molecule has 1 aliphatic rings. The first-order valence-electron chi connectivity index (χ1n) is 5.17. The van der Waals surface area contributed by atoms with Gasteiger partial charge in [0.15, 0.2) is 0 Å². The number of hydrogen-bond donors (Lipinski definition) is 3. The lowest BCUT2D eigenvalue weighted by atomic mass is 9.98. The Hall–Kier alpha value is -1.27. The molecule has 0 radical (unpaired) electrons. The zero-order valence-corrected chi connectivity index (χ0v) is 9.89. The third kappa shape index (κ3) is 2.70. The van der Waals surface area contributed by atoms with Crippen LogP contribution in [0.2, 0.25) is 0 Å². The van der Waals surface area contributed by atoms with E-state index < -0.39 is 5.97 Å². The zero-order valence-electron chi connectivity index (χ0n) is 9.07. The van der Waals surface area contributed by atoms with Crippen molar-refractivity contribution in [1.29, 1.82) is 0 Å². The number of thioether (sulfide) groups is 1. The molecule has 0 bridgehead atoms. The molecule has 0 unspecified atom stereocenters. The van der Waals surface area contributed by atoms with Gasteiger partial charge in [0.25, 0.3) is 0 Å². The van der Waals surface area contributed by atoms with Crippen molar-refractivity contribution in [3.63, 3.8) is 0 Å². The van der Waals surface area contributed by atoms with Gasteiger partial charge in [-0.15, -0.1) is 11.8 Å². The second-order valence-corrected chi connectivity index (χ2v) is 5.65. The van der Waals surface area contributed by atoms with E-state index in [0.717, 1.165) is 4.90 Å². The Morgan fingerprint density at radius 3 is 2.76 bits per heavy atom. The number of anilines is 1. The Morgan fingerprint density at radius 2 is 2.29 bits per heavy atom. The number of rotatable bonds is 4. The summed E-state index contributed by atoms with van der Waals surface area (Å²) in [7, 11) is 0. The quantitative estimate of drug-likeness (QED) is 0.708. The summed E-state index contributed by atoms with van der Waals surface area (Å²) in [6.07, 6.45) is 0.0709. The van der Waals surface area contributed by atoms with Crippen LogP contribution in [0.5, 0.6) is 0 Å². The van der Waals surface area contributed by atoms with Gasteiger partial charge < -0.3 is 16.2 Å². The Labute approximate surface area is 102 Å². The molecule has 1 aliphatic heterocycles. The molecule has 0 atom stereocenters. The number of carboxylic acid groups (broad SMARTS) is 1. The van der Waals surface area contributed by atoms with Crippen molar-refractivity contribution >= 4 is 23.4 Å². The van der Waals surface area contributed by atoms with E-state index >= 15 is 0 Å². The summed E-state index contributed by atoms with van der Waals surface area (Å²) in [5.74, 6) is -1.22. The van der Waals surface area contributed by atoms with Crippen LogP contribution in [0.4, 0.5) is 10.1 Å². The van der Waals surface area contributed by atoms with E-state index in [1.54, 1.807) is 6.07 Å². The number of benzene rings is 1. The molecule has 1 aromatic rings. The van der Waals surface area contributed by atoms with Gasteiger partial charge in [0.1, 0.15) is 5.82 Å².